The summed E-state index contributed by atoms with van der Waals surface area (Å²) in [5.74, 6) is -0.719. The summed E-state index contributed by atoms with van der Waals surface area (Å²) in [6.07, 6.45) is 1.36. The Hall–Kier alpha value is -3.10. The molecule has 2 heterocycles. The fourth-order valence-electron chi connectivity index (χ4n) is 2.85. The van der Waals surface area contributed by atoms with E-state index in [1.54, 1.807) is 42.5 Å². The predicted octanol–water partition coefficient (Wildman–Crippen LogP) is 4.68. The highest BCUT2D eigenvalue weighted by atomic mass is 79.9. The number of thiocarbonyl (C=S) groups is 1. The second-order valence-electron chi connectivity index (χ2n) is 6.15. The van der Waals surface area contributed by atoms with Crippen molar-refractivity contribution in [2.24, 2.45) is 0 Å². The number of hydrogen-bond acceptors (Lipinski definition) is 4. The van der Waals surface area contributed by atoms with Crippen LogP contribution in [-0.4, -0.2) is 16.9 Å². The highest BCUT2D eigenvalue weighted by Gasteiger charge is 2.34. The molecule has 1 N–H and O–H groups in total. The third-order valence-electron chi connectivity index (χ3n) is 4.21. The molecular weight excluding hydrogens is 459 g/mol. The lowest BCUT2D eigenvalue weighted by molar-refractivity contribution is -0.122. The summed E-state index contributed by atoms with van der Waals surface area (Å²) in [5, 5.41) is 2.53. The minimum Gasteiger partial charge on any atom is -0.457 e. The van der Waals surface area contributed by atoms with Crippen molar-refractivity contribution in [1.82, 2.24) is 5.32 Å². The summed E-state index contributed by atoms with van der Waals surface area (Å²) in [6, 6.07) is 16.1. The lowest BCUT2D eigenvalue weighted by atomic mass is 10.1. The Bertz CT molecular complexity index is 1170. The molecule has 4 rings (SSSR count). The van der Waals surface area contributed by atoms with Gasteiger partial charge in [-0.25, -0.2) is 4.39 Å². The van der Waals surface area contributed by atoms with Crippen LogP contribution in [0.25, 0.3) is 17.4 Å². The highest BCUT2D eigenvalue weighted by Crippen LogP contribution is 2.27. The van der Waals surface area contributed by atoms with Gasteiger partial charge in [0.05, 0.1) is 5.69 Å². The number of nitrogens with zero attached hydrogens (tertiary/aromatic N) is 1. The van der Waals surface area contributed by atoms with Crippen molar-refractivity contribution in [3.05, 3.63) is 82.3 Å². The van der Waals surface area contributed by atoms with Crippen LogP contribution in [0, 0.1) is 5.82 Å². The van der Waals surface area contributed by atoms with Gasteiger partial charge in [-0.2, -0.15) is 0 Å². The summed E-state index contributed by atoms with van der Waals surface area (Å²) in [4.78, 5) is 26.6. The number of benzene rings is 2. The van der Waals surface area contributed by atoms with Crippen molar-refractivity contribution in [1.29, 1.82) is 0 Å². The lowest BCUT2D eigenvalue weighted by Crippen LogP contribution is -2.54. The summed E-state index contributed by atoms with van der Waals surface area (Å²) >= 11 is 8.54. The lowest BCUT2D eigenvalue weighted by Gasteiger charge is -2.28. The Balaban J connectivity index is 1.67. The molecule has 0 spiro atoms. The van der Waals surface area contributed by atoms with Crippen LogP contribution in [0.5, 0.6) is 0 Å². The number of carbonyl (C=O) groups is 2. The third-order valence-corrected chi connectivity index (χ3v) is 4.99. The zero-order chi connectivity index (χ0) is 20.5. The molecule has 0 unspecified atom stereocenters. The average Bonchev–Trinajstić information content (AvgIpc) is 3.14. The van der Waals surface area contributed by atoms with Crippen molar-refractivity contribution in [2.45, 2.75) is 0 Å². The van der Waals surface area contributed by atoms with Crippen molar-refractivity contribution in [3.8, 4) is 11.3 Å². The molecule has 0 atom stereocenters. The van der Waals surface area contributed by atoms with Crippen LogP contribution in [0.3, 0.4) is 0 Å². The molecule has 5 nitrogen and oxygen atoms in total. The molecule has 0 aliphatic carbocycles. The summed E-state index contributed by atoms with van der Waals surface area (Å²) in [7, 11) is 0. The molecule has 0 radical (unpaired) electrons. The van der Waals surface area contributed by atoms with Gasteiger partial charge in [-0.15, -0.1) is 0 Å². The topological polar surface area (TPSA) is 62.6 Å². The minimum absolute atomic E-state index is 0.00157. The smallest absolute Gasteiger partial charge is 0.270 e. The molecule has 1 aliphatic rings. The van der Waals surface area contributed by atoms with Gasteiger partial charge >= 0.3 is 0 Å². The van der Waals surface area contributed by atoms with Crippen LogP contribution in [0.1, 0.15) is 5.76 Å². The molecular formula is C21H12BrFN2O3S. The first-order valence-electron chi connectivity index (χ1n) is 8.45. The van der Waals surface area contributed by atoms with Gasteiger partial charge in [-0.3, -0.25) is 19.8 Å². The zero-order valence-electron chi connectivity index (χ0n) is 14.7. The van der Waals surface area contributed by atoms with Crippen LogP contribution in [0.2, 0.25) is 0 Å². The molecule has 2 aromatic carbocycles. The average molecular weight is 471 g/mol. The van der Waals surface area contributed by atoms with Gasteiger partial charge in [0.2, 0.25) is 0 Å². The van der Waals surface area contributed by atoms with Gasteiger partial charge in [0, 0.05) is 10.0 Å². The number of anilines is 1. The number of hydrogen-bond donors (Lipinski definition) is 1. The Morgan fingerprint density at radius 2 is 1.83 bits per heavy atom. The van der Waals surface area contributed by atoms with E-state index >= 15 is 0 Å². The number of amides is 2. The van der Waals surface area contributed by atoms with E-state index in [0.29, 0.717) is 22.8 Å². The van der Waals surface area contributed by atoms with Gasteiger partial charge in [0.1, 0.15) is 22.9 Å². The zero-order valence-corrected chi connectivity index (χ0v) is 17.1. The molecule has 1 saturated heterocycles. The SMILES string of the molecule is O=C1NC(=S)N(c2cccc(Br)c2)C(=O)/C1=C/c1ccc(-c2ccc(F)cc2)o1. The van der Waals surface area contributed by atoms with Gasteiger partial charge < -0.3 is 4.42 Å². The van der Waals surface area contributed by atoms with Gasteiger partial charge in [0.25, 0.3) is 11.8 Å². The molecule has 0 saturated carbocycles. The Morgan fingerprint density at radius 1 is 1.07 bits per heavy atom. The Morgan fingerprint density at radius 3 is 2.55 bits per heavy atom. The van der Waals surface area contributed by atoms with E-state index in [1.165, 1.54) is 23.1 Å². The number of furan rings is 1. The largest absolute Gasteiger partial charge is 0.457 e. The van der Waals surface area contributed by atoms with Crippen molar-refractivity contribution in [3.63, 3.8) is 0 Å². The summed E-state index contributed by atoms with van der Waals surface area (Å²) < 4.78 is 19.6. The molecule has 3 aromatic rings. The van der Waals surface area contributed by atoms with Crippen LogP contribution in [0.4, 0.5) is 10.1 Å². The van der Waals surface area contributed by atoms with Gasteiger partial charge in [0.15, 0.2) is 5.11 Å². The normalized spacial score (nSPS) is 15.7. The molecule has 144 valence electrons. The quantitative estimate of drug-likeness (QED) is 0.343. The molecule has 1 fully saturated rings. The Kier molecular flexibility index (Phi) is 5.12. The molecule has 1 aromatic heterocycles. The van der Waals surface area contributed by atoms with E-state index in [2.05, 4.69) is 21.2 Å². The number of carbonyl (C=O) groups excluding carboxylic acids is 2. The first-order chi connectivity index (χ1) is 13.9. The van der Waals surface area contributed by atoms with Crippen LogP contribution >= 0.6 is 28.1 Å². The van der Waals surface area contributed by atoms with Crippen molar-refractivity contribution < 1.29 is 18.4 Å². The fourth-order valence-corrected chi connectivity index (χ4v) is 3.52. The van der Waals surface area contributed by atoms with E-state index in [1.807, 2.05) is 6.07 Å². The molecule has 0 bridgehead atoms. The molecule has 29 heavy (non-hydrogen) atoms. The van der Waals surface area contributed by atoms with Crippen LogP contribution in [-0.2, 0) is 9.59 Å². The summed E-state index contributed by atoms with van der Waals surface area (Å²) in [5.41, 5.74) is 1.08. The predicted molar refractivity (Wildman–Crippen MR) is 114 cm³/mol. The first kappa shape index (κ1) is 19.2. The standard InChI is InChI=1S/C21H12BrFN2O3S/c22-13-2-1-3-15(10-13)25-20(27)17(19(26)24-21(25)29)11-16-8-9-18(28-16)12-4-6-14(23)7-5-12/h1-11H,(H,24,26,29)/b17-11+. The highest BCUT2D eigenvalue weighted by molar-refractivity contribution is 9.10. The molecule has 2 amide bonds. The number of rotatable bonds is 3. The second-order valence-corrected chi connectivity index (χ2v) is 7.45. The van der Waals surface area contributed by atoms with E-state index in [0.717, 1.165) is 4.47 Å². The maximum atomic E-state index is 13.1. The van der Waals surface area contributed by atoms with Gasteiger partial charge in [-0.1, -0.05) is 22.0 Å². The maximum Gasteiger partial charge on any atom is 0.270 e. The number of halogens is 2. The minimum atomic E-state index is -0.606. The van der Waals surface area contributed by atoms with Crippen LogP contribution in [0.15, 0.2) is 75.1 Å². The van der Waals surface area contributed by atoms with E-state index in [9.17, 15) is 14.0 Å². The van der Waals surface area contributed by atoms with E-state index in [4.69, 9.17) is 16.6 Å². The third kappa shape index (κ3) is 3.90. The summed E-state index contributed by atoms with van der Waals surface area (Å²) in [6.45, 7) is 0. The van der Waals surface area contributed by atoms with E-state index in [-0.39, 0.29) is 16.5 Å². The second kappa shape index (κ2) is 7.73. The maximum absolute atomic E-state index is 13.1. The van der Waals surface area contributed by atoms with E-state index < -0.39 is 11.8 Å². The molecule has 8 heteroatoms. The van der Waals surface area contributed by atoms with Crippen molar-refractivity contribution >= 4 is 56.8 Å². The Labute approximate surface area is 178 Å². The monoisotopic (exact) mass is 470 g/mol. The fraction of sp³-hybridized carbons (Fsp3) is 0. The first-order valence-corrected chi connectivity index (χ1v) is 9.65. The molecule has 1 aliphatic heterocycles. The van der Waals surface area contributed by atoms with Gasteiger partial charge in [-0.05, 0) is 72.9 Å². The number of nitrogens with one attached hydrogen (secondary N) is 1. The van der Waals surface area contributed by atoms with Crippen LogP contribution < -0.4 is 10.2 Å². The van der Waals surface area contributed by atoms with Crippen molar-refractivity contribution in [2.75, 3.05) is 4.90 Å².